The van der Waals surface area contributed by atoms with Crippen molar-refractivity contribution in [2.75, 3.05) is 19.8 Å². The molecule has 1 fully saturated rings. The van der Waals surface area contributed by atoms with E-state index >= 15 is 0 Å². The predicted octanol–water partition coefficient (Wildman–Crippen LogP) is 6.83. The van der Waals surface area contributed by atoms with Gasteiger partial charge in [0.15, 0.2) is 0 Å². The second-order valence-electron chi connectivity index (χ2n) is 9.84. The first-order valence-electron chi connectivity index (χ1n) is 12.7. The smallest absolute Gasteiger partial charge is 0.333 e. The minimum absolute atomic E-state index is 0.0572. The lowest BCUT2D eigenvalue weighted by Gasteiger charge is -2.26. The molecule has 0 atom stereocenters. The zero-order valence-electron chi connectivity index (χ0n) is 20.9. The Bertz CT molecular complexity index is 1190. The van der Waals surface area contributed by atoms with Gasteiger partial charge in [0.1, 0.15) is 12.4 Å². The van der Waals surface area contributed by atoms with Gasteiger partial charge in [-0.25, -0.2) is 4.79 Å². The highest BCUT2D eigenvalue weighted by Gasteiger charge is 2.20. The van der Waals surface area contributed by atoms with Crippen molar-refractivity contribution < 1.29 is 19.4 Å². The second-order valence-corrected chi connectivity index (χ2v) is 9.84. The molecule has 3 aromatic rings. The van der Waals surface area contributed by atoms with Gasteiger partial charge in [0.25, 0.3) is 0 Å². The summed E-state index contributed by atoms with van der Waals surface area (Å²) >= 11 is 0. The molecule has 1 aliphatic rings. The summed E-state index contributed by atoms with van der Waals surface area (Å²) < 4.78 is 11.0. The lowest BCUT2D eigenvalue weighted by atomic mass is 9.79. The van der Waals surface area contributed by atoms with Gasteiger partial charge in [-0.05, 0) is 82.8 Å². The van der Waals surface area contributed by atoms with E-state index in [0.717, 1.165) is 22.6 Å². The Labute approximate surface area is 208 Å². The van der Waals surface area contributed by atoms with E-state index in [1.165, 1.54) is 42.0 Å². The molecule has 1 saturated carbocycles. The third kappa shape index (κ3) is 6.32. The van der Waals surface area contributed by atoms with Crippen molar-refractivity contribution in [3.05, 3.63) is 77.9 Å². The Kier molecular flexibility index (Phi) is 8.25. The van der Waals surface area contributed by atoms with Gasteiger partial charge >= 0.3 is 5.97 Å². The lowest BCUT2D eigenvalue weighted by Crippen LogP contribution is -2.10. The Morgan fingerprint density at radius 2 is 1.63 bits per heavy atom. The number of carbonyl (C=O) groups is 1. The van der Waals surface area contributed by atoms with Gasteiger partial charge in [-0.2, -0.15) is 0 Å². The number of fused-ring (bicyclic) bond motifs is 1. The van der Waals surface area contributed by atoms with Gasteiger partial charge in [-0.3, -0.25) is 0 Å². The molecule has 0 amide bonds. The maximum Gasteiger partial charge on any atom is 0.333 e. The summed E-state index contributed by atoms with van der Waals surface area (Å²) in [4.78, 5) is 11.8. The summed E-state index contributed by atoms with van der Waals surface area (Å²) in [5.41, 5.74) is 5.00. The van der Waals surface area contributed by atoms with Crippen LogP contribution in [0.4, 0.5) is 0 Å². The fraction of sp³-hybridized carbons (Fsp3) is 0.387. The monoisotopic (exact) mass is 472 g/mol. The molecule has 1 aliphatic carbocycles. The minimum Gasteiger partial charge on any atom is -0.491 e. The average molecular weight is 473 g/mol. The maximum atomic E-state index is 11.8. The van der Waals surface area contributed by atoms with Crippen LogP contribution in [0.5, 0.6) is 5.75 Å². The summed E-state index contributed by atoms with van der Waals surface area (Å²) in [5.74, 6) is 1.85. The maximum absolute atomic E-state index is 11.8. The number of carbonyl (C=O) groups excluding carboxylic acids is 1. The first-order valence-corrected chi connectivity index (χ1v) is 12.7. The molecule has 0 heterocycles. The average Bonchev–Trinajstić information content (AvgIpc) is 2.87. The highest BCUT2D eigenvalue weighted by atomic mass is 16.5. The van der Waals surface area contributed by atoms with Crippen LogP contribution in [0.3, 0.4) is 0 Å². The molecular weight excluding hydrogens is 436 g/mol. The fourth-order valence-electron chi connectivity index (χ4n) is 4.92. The van der Waals surface area contributed by atoms with Crippen LogP contribution in [0.2, 0.25) is 0 Å². The van der Waals surface area contributed by atoms with E-state index < -0.39 is 5.97 Å². The normalized spacial score (nSPS) is 17.8. The van der Waals surface area contributed by atoms with Gasteiger partial charge in [-0.1, -0.05) is 62.7 Å². The molecule has 184 valence electrons. The summed E-state index contributed by atoms with van der Waals surface area (Å²) in [5, 5.41) is 11.7. The van der Waals surface area contributed by atoms with Crippen LogP contribution in [-0.4, -0.2) is 30.9 Å². The number of esters is 1. The predicted molar refractivity (Wildman–Crippen MR) is 142 cm³/mol. The molecule has 0 spiro atoms. The Morgan fingerprint density at radius 1 is 0.943 bits per heavy atom. The highest BCUT2D eigenvalue weighted by molar-refractivity contribution is 5.88. The summed E-state index contributed by atoms with van der Waals surface area (Å²) in [6.45, 7) is 8.03. The van der Waals surface area contributed by atoms with Gasteiger partial charge in [0.2, 0.25) is 0 Å². The van der Waals surface area contributed by atoms with Gasteiger partial charge < -0.3 is 14.6 Å². The van der Waals surface area contributed by atoms with Crippen LogP contribution in [0.15, 0.2) is 66.7 Å². The van der Waals surface area contributed by atoms with Crippen molar-refractivity contribution in [3.63, 3.8) is 0 Å². The zero-order chi connectivity index (χ0) is 24.8. The Morgan fingerprint density at radius 3 is 2.37 bits per heavy atom. The molecule has 4 nitrogen and oxygen atoms in total. The topological polar surface area (TPSA) is 55.8 Å². The van der Waals surface area contributed by atoms with Gasteiger partial charge in [0.05, 0.1) is 13.2 Å². The van der Waals surface area contributed by atoms with Crippen molar-refractivity contribution in [2.45, 2.75) is 51.9 Å². The second kappa shape index (κ2) is 11.5. The van der Waals surface area contributed by atoms with Crippen LogP contribution in [0, 0.1) is 5.92 Å². The van der Waals surface area contributed by atoms with E-state index in [4.69, 9.17) is 9.47 Å². The third-order valence-electron chi connectivity index (χ3n) is 7.05. The van der Waals surface area contributed by atoms with Crippen molar-refractivity contribution in [2.24, 2.45) is 5.92 Å². The van der Waals surface area contributed by atoms with Crippen molar-refractivity contribution >= 4 is 16.7 Å². The lowest BCUT2D eigenvalue weighted by molar-refractivity contribution is -0.138. The summed E-state index contributed by atoms with van der Waals surface area (Å²) in [6.07, 6.45) is 5.76. The SMILES string of the molecule is C=C(C)C(=O)OCCc1cc(-c2ccc3cc(C4CCC(C)CC4)ccc3c2)ccc1OCCO. The summed E-state index contributed by atoms with van der Waals surface area (Å²) in [7, 11) is 0. The quantitative estimate of drug-likeness (QED) is 0.274. The summed E-state index contributed by atoms with van der Waals surface area (Å²) in [6, 6.07) is 19.6. The highest BCUT2D eigenvalue weighted by Crippen LogP contribution is 2.37. The van der Waals surface area contributed by atoms with Crippen molar-refractivity contribution in [1.82, 2.24) is 0 Å². The van der Waals surface area contributed by atoms with Crippen LogP contribution in [0.1, 0.15) is 56.6 Å². The molecule has 0 bridgehead atoms. The van der Waals surface area contributed by atoms with E-state index in [1.54, 1.807) is 6.92 Å². The van der Waals surface area contributed by atoms with E-state index in [0.29, 0.717) is 23.7 Å². The molecule has 0 aliphatic heterocycles. The minimum atomic E-state index is -0.393. The number of aliphatic hydroxyl groups is 1. The van der Waals surface area contributed by atoms with Crippen molar-refractivity contribution in [3.8, 4) is 16.9 Å². The molecule has 3 aromatic carbocycles. The van der Waals surface area contributed by atoms with Crippen molar-refractivity contribution in [1.29, 1.82) is 0 Å². The van der Waals surface area contributed by atoms with E-state index in [1.807, 2.05) is 12.1 Å². The molecule has 35 heavy (non-hydrogen) atoms. The standard InChI is InChI=1S/C31H36O4/c1-21(2)31(33)35-16-14-29-20-28(12-13-30(29)34-17-15-32)27-11-10-25-18-24(8-9-26(25)19-27)23-6-4-22(3)5-7-23/h8-13,18-20,22-23,32H,1,4-7,14-17H2,2-3H3. The molecular formula is C31H36O4. The molecule has 4 heteroatoms. The first kappa shape index (κ1) is 25.0. The fourth-order valence-corrected chi connectivity index (χ4v) is 4.92. The van der Waals surface area contributed by atoms with Gasteiger partial charge in [-0.15, -0.1) is 0 Å². The Hall–Kier alpha value is -3.11. The van der Waals surface area contributed by atoms with E-state index in [2.05, 4.69) is 56.0 Å². The number of rotatable bonds is 9. The van der Waals surface area contributed by atoms with Crippen LogP contribution < -0.4 is 4.74 Å². The molecule has 0 unspecified atom stereocenters. The largest absolute Gasteiger partial charge is 0.491 e. The van der Waals surface area contributed by atoms with Crippen LogP contribution in [-0.2, 0) is 16.0 Å². The van der Waals surface area contributed by atoms with Crippen LogP contribution >= 0.6 is 0 Å². The third-order valence-corrected chi connectivity index (χ3v) is 7.05. The van der Waals surface area contributed by atoms with Gasteiger partial charge in [0, 0.05) is 12.0 Å². The number of hydrogen-bond donors (Lipinski definition) is 1. The number of ether oxygens (including phenoxy) is 2. The van der Waals surface area contributed by atoms with Crippen LogP contribution in [0.25, 0.3) is 21.9 Å². The first-order chi connectivity index (χ1) is 16.9. The van der Waals surface area contributed by atoms with E-state index in [-0.39, 0.29) is 19.8 Å². The Balaban J connectivity index is 1.55. The molecule has 0 aromatic heterocycles. The van der Waals surface area contributed by atoms with E-state index in [9.17, 15) is 9.90 Å². The number of benzene rings is 3. The molecule has 4 rings (SSSR count). The number of aliphatic hydroxyl groups excluding tert-OH is 1. The molecule has 0 radical (unpaired) electrons. The number of hydrogen-bond acceptors (Lipinski definition) is 4. The molecule has 1 N–H and O–H groups in total. The molecule has 0 saturated heterocycles. The zero-order valence-corrected chi connectivity index (χ0v) is 20.9.